The number of carbonyl (C=O) groups is 1. The second-order valence-corrected chi connectivity index (χ2v) is 14.7. The summed E-state index contributed by atoms with van der Waals surface area (Å²) in [5, 5.41) is 7.26. The number of rotatable bonds is 11. The van der Waals surface area contributed by atoms with E-state index in [9.17, 15) is 13.2 Å². The Kier molecular flexibility index (Phi) is 8.85. The number of fused-ring (bicyclic) bond motifs is 1. The Morgan fingerprint density at radius 2 is 1.71 bits per heavy atom. The predicted molar refractivity (Wildman–Crippen MR) is 164 cm³/mol. The smallest absolute Gasteiger partial charge is 0.225 e. The SMILES string of the molecule is CS(=O)(=O)CCCOc1cccc2c1CCN2c1ccnc(NC2CCC(C(=O)N3CCC(NC4CC4)CC3)CC2)n1. The van der Waals surface area contributed by atoms with Crippen LogP contribution >= 0.6 is 0 Å². The molecule has 11 heteroatoms. The molecule has 0 radical (unpaired) electrons. The quantitative estimate of drug-likeness (QED) is 0.375. The molecule has 0 atom stereocenters. The van der Waals surface area contributed by atoms with Gasteiger partial charge in [0.15, 0.2) is 0 Å². The molecular formula is C31H44N6O4S. The largest absolute Gasteiger partial charge is 0.493 e. The zero-order valence-electron chi connectivity index (χ0n) is 24.6. The van der Waals surface area contributed by atoms with Gasteiger partial charge in [0.05, 0.1) is 12.4 Å². The molecule has 2 aliphatic heterocycles. The van der Waals surface area contributed by atoms with E-state index in [1.165, 1.54) is 19.1 Å². The molecule has 1 amide bonds. The van der Waals surface area contributed by atoms with Gasteiger partial charge in [-0.15, -0.1) is 0 Å². The van der Waals surface area contributed by atoms with Crippen LogP contribution in [0.5, 0.6) is 5.75 Å². The van der Waals surface area contributed by atoms with Gasteiger partial charge in [-0.05, 0) is 82.4 Å². The van der Waals surface area contributed by atoms with Crippen LogP contribution in [0.4, 0.5) is 17.5 Å². The molecule has 42 heavy (non-hydrogen) atoms. The van der Waals surface area contributed by atoms with Gasteiger partial charge in [0, 0.05) is 67.4 Å². The van der Waals surface area contributed by atoms with E-state index in [0.29, 0.717) is 30.9 Å². The molecule has 0 spiro atoms. The second-order valence-electron chi connectivity index (χ2n) is 12.5. The van der Waals surface area contributed by atoms with Crippen molar-refractivity contribution < 1.29 is 17.9 Å². The number of sulfone groups is 1. The average molecular weight is 597 g/mol. The number of amides is 1. The van der Waals surface area contributed by atoms with Crippen LogP contribution in [0.25, 0.3) is 0 Å². The second kappa shape index (κ2) is 12.8. The van der Waals surface area contributed by atoms with Gasteiger partial charge < -0.3 is 25.2 Å². The first kappa shape index (κ1) is 29.2. The number of carbonyl (C=O) groups excluding carboxylic acids is 1. The lowest BCUT2D eigenvalue weighted by molar-refractivity contribution is -0.137. The van der Waals surface area contributed by atoms with Crippen LogP contribution in [0.15, 0.2) is 30.5 Å². The van der Waals surface area contributed by atoms with Crippen LogP contribution in [0.3, 0.4) is 0 Å². The molecule has 10 nitrogen and oxygen atoms in total. The van der Waals surface area contributed by atoms with Crippen LogP contribution in [0.1, 0.15) is 63.4 Å². The van der Waals surface area contributed by atoms with E-state index >= 15 is 0 Å². The van der Waals surface area contributed by atoms with E-state index in [2.05, 4.69) is 31.5 Å². The fourth-order valence-electron chi connectivity index (χ4n) is 6.62. The summed E-state index contributed by atoms with van der Waals surface area (Å²) >= 11 is 0. The third kappa shape index (κ3) is 7.34. The van der Waals surface area contributed by atoms with Gasteiger partial charge in [0.1, 0.15) is 21.4 Å². The van der Waals surface area contributed by atoms with Crippen molar-refractivity contribution >= 4 is 33.2 Å². The van der Waals surface area contributed by atoms with Gasteiger partial charge in [-0.2, -0.15) is 4.98 Å². The van der Waals surface area contributed by atoms with Gasteiger partial charge >= 0.3 is 0 Å². The number of benzene rings is 1. The topological polar surface area (TPSA) is 117 Å². The molecule has 1 saturated heterocycles. The predicted octanol–water partition coefficient (Wildman–Crippen LogP) is 3.70. The molecule has 2 aromatic rings. The first-order valence-corrected chi connectivity index (χ1v) is 17.7. The number of nitrogens with zero attached hydrogens (tertiary/aromatic N) is 4. The van der Waals surface area contributed by atoms with Gasteiger partial charge in [0.25, 0.3) is 0 Å². The maximum absolute atomic E-state index is 13.2. The lowest BCUT2D eigenvalue weighted by atomic mass is 9.84. The minimum absolute atomic E-state index is 0.125. The van der Waals surface area contributed by atoms with E-state index in [0.717, 1.165) is 93.4 Å². The molecule has 1 aromatic heterocycles. The molecule has 0 bridgehead atoms. The monoisotopic (exact) mass is 596 g/mol. The molecule has 228 valence electrons. The van der Waals surface area contributed by atoms with Crippen molar-refractivity contribution in [1.82, 2.24) is 20.2 Å². The van der Waals surface area contributed by atoms with E-state index in [1.807, 2.05) is 18.2 Å². The molecule has 4 aliphatic rings. The van der Waals surface area contributed by atoms with Crippen molar-refractivity contribution in [2.75, 3.05) is 48.5 Å². The minimum atomic E-state index is -2.99. The number of piperidine rings is 1. The number of ether oxygens (including phenoxy) is 1. The van der Waals surface area contributed by atoms with E-state index in [1.54, 1.807) is 6.20 Å². The molecular weight excluding hydrogens is 552 g/mol. The number of hydrogen-bond donors (Lipinski definition) is 2. The molecule has 1 aromatic carbocycles. The highest BCUT2D eigenvalue weighted by Crippen LogP contribution is 2.39. The van der Waals surface area contributed by atoms with Crippen LogP contribution in [-0.2, 0) is 21.1 Å². The number of nitrogens with one attached hydrogen (secondary N) is 2. The standard InChI is InChI=1S/C31H44N6O4S/c1-42(39,40)21-3-20-41-28-5-2-4-27-26(28)15-19-37(27)29-12-16-32-31(35-29)34-24-8-6-22(7-9-24)30(38)36-17-13-25(14-18-36)33-23-10-11-23/h2,4-5,12,16,22-25,33H,3,6-11,13-15,17-21H2,1H3,(H,32,34,35). The van der Waals surface area contributed by atoms with Crippen LogP contribution in [0.2, 0.25) is 0 Å². The van der Waals surface area contributed by atoms with Gasteiger partial charge in [0.2, 0.25) is 11.9 Å². The van der Waals surface area contributed by atoms with Crippen molar-refractivity contribution in [2.45, 2.75) is 82.3 Å². The number of likely N-dealkylation sites (tertiary alicyclic amines) is 1. The third-order valence-electron chi connectivity index (χ3n) is 9.08. The first-order chi connectivity index (χ1) is 20.3. The van der Waals surface area contributed by atoms with E-state index in [-0.39, 0.29) is 17.7 Å². The van der Waals surface area contributed by atoms with Crippen LogP contribution in [0, 0.1) is 5.92 Å². The molecule has 3 fully saturated rings. The Balaban J connectivity index is 0.996. The van der Waals surface area contributed by atoms with Crippen molar-refractivity contribution in [3.63, 3.8) is 0 Å². The zero-order chi connectivity index (χ0) is 29.1. The normalized spacial score (nSPS) is 23.1. The highest BCUT2D eigenvalue weighted by molar-refractivity contribution is 7.90. The maximum atomic E-state index is 13.2. The molecule has 2 saturated carbocycles. The molecule has 2 aliphatic carbocycles. The van der Waals surface area contributed by atoms with Crippen molar-refractivity contribution in [1.29, 1.82) is 0 Å². The Bertz CT molecular complexity index is 1350. The Hall–Kier alpha value is -2.92. The summed E-state index contributed by atoms with van der Waals surface area (Å²) < 4.78 is 28.8. The summed E-state index contributed by atoms with van der Waals surface area (Å²) in [5.74, 6) is 2.87. The molecule has 2 N–H and O–H groups in total. The maximum Gasteiger partial charge on any atom is 0.225 e. The van der Waals surface area contributed by atoms with Crippen LogP contribution < -0.4 is 20.3 Å². The minimum Gasteiger partial charge on any atom is -0.493 e. The zero-order valence-corrected chi connectivity index (χ0v) is 25.4. The highest BCUT2D eigenvalue weighted by Gasteiger charge is 2.33. The molecule has 6 rings (SSSR count). The fourth-order valence-corrected chi connectivity index (χ4v) is 7.27. The third-order valence-corrected chi connectivity index (χ3v) is 10.1. The van der Waals surface area contributed by atoms with Crippen molar-refractivity contribution in [3.8, 4) is 5.75 Å². The van der Waals surface area contributed by atoms with Crippen molar-refractivity contribution in [2.24, 2.45) is 5.92 Å². The summed E-state index contributed by atoms with van der Waals surface area (Å²) in [6.45, 7) is 2.93. The highest BCUT2D eigenvalue weighted by atomic mass is 32.2. The Morgan fingerprint density at radius 3 is 2.45 bits per heavy atom. The summed E-state index contributed by atoms with van der Waals surface area (Å²) in [6.07, 6.45) is 12.8. The first-order valence-electron chi connectivity index (χ1n) is 15.7. The summed E-state index contributed by atoms with van der Waals surface area (Å²) in [4.78, 5) is 26.9. The average Bonchev–Trinajstić information content (AvgIpc) is 3.69. The summed E-state index contributed by atoms with van der Waals surface area (Å²) in [6, 6.07) is 9.50. The van der Waals surface area contributed by atoms with Gasteiger partial charge in [-0.25, -0.2) is 13.4 Å². The number of anilines is 3. The lowest BCUT2D eigenvalue weighted by Crippen LogP contribution is -2.48. The molecule has 0 unspecified atom stereocenters. The number of hydrogen-bond acceptors (Lipinski definition) is 9. The van der Waals surface area contributed by atoms with E-state index in [4.69, 9.17) is 9.72 Å². The van der Waals surface area contributed by atoms with Crippen molar-refractivity contribution in [3.05, 3.63) is 36.0 Å². The van der Waals surface area contributed by atoms with Crippen LogP contribution in [-0.4, -0.2) is 85.6 Å². The van der Waals surface area contributed by atoms with Gasteiger partial charge in [-0.3, -0.25) is 4.79 Å². The summed E-state index contributed by atoms with van der Waals surface area (Å²) in [7, 11) is -2.99. The fraction of sp³-hybridized carbons (Fsp3) is 0.645. The number of aromatic nitrogens is 2. The Morgan fingerprint density at radius 1 is 0.976 bits per heavy atom. The van der Waals surface area contributed by atoms with E-state index < -0.39 is 9.84 Å². The Labute approximate surface area is 249 Å². The van der Waals surface area contributed by atoms with Gasteiger partial charge in [-0.1, -0.05) is 6.07 Å². The lowest BCUT2D eigenvalue weighted by Gasteiger charge is -2.36. The molecule has 3 heterocycles. The summed E-state index contributed by atoms with van der Waals surface area (Å²) in [5.41, 5.74) is 2.18.